The molecule has 0 bridgehead atoms. The van der Waals surface area contributed by atoms with Crippen LogP contribution in [-0.4, -0.2) is 33.0 Å². The summed E-state index contributed by atoms with van der Waals surface area (Å²) in [5.41, 5.74) is 15.5. The van der Waals surface area contributed by atoms with Gasteiger partial charge in [0.05, 0.1) is 36.0 Å². The molecule has 5 N–H and O–H groups in total. The number of benzene rings is 1. The molecule has 8 nitrogen and oxygen atoms in total. The summed E-state index contributed by atoms with van der Waals surface area (Å²) in [5.74, 6) is 0.0342. The zero-order chi connectivity index (χ0) is 22.8. The van der Waals surface area contributed by atoms with E-state index in [4.69, 9.17) is 16.2 Å². The van der Waals surface area contributed by atoms with Crippen LogP contribution in [0.4, 0.5) is 11.5 Å². The first-order valence-corrected chi connectivity index (χ1v) is 11.4. The van der Waals surface area contributed by atoms with E-state index >= 15 is 0 Å². The lowest BCUT2D eigenvalue weighted by molar-refractivity contribution is -0.109. The number of nitrogens with two attached hydrogens (primary N) is 2. The Morgan fingerprint density at radius 1 is 1.09 bits per heavy atom. The second kappa shape index (κ2) is 9.25. The van der Waals surface area contributed by atoms with Gasteiger partial charge in [0.2, 0.25) is 0 Å². The van der Waals surface area contributed by atoms with Crippen molar-refractivity contribution in [3.63, 3.8) is 0 Å². The normalized spacial score (nSPS) is 24.6. The number of nitrogen functional groups attached to an aromatic ring is 1. The fourth-order valence-electron chi connectivity index (χ4n) is 4.96. The van der Waals surface area contributed by atoms with E-state index in [2.05, 4.69) is 20.3 Å². The number of nitrogens with zero attached hydrogens (tertiary/aromatic N) is 3. The van der Waals surface area contributed by atoms with E-state index in [-0.39, 0.29) is 29.8 Å². The van der Waals surface area contributed by atoms with Crippen LogP contribution in [0.1, 0.15) is 54.3 Å². The minimum absolute atomic E-state index is 0.0682. The molecule has 1 aromatic carbocycles. The van der Waals surface area contributed by atoms with Crippen molar-refractivity contribution in [2.45, 2.75) is 50.4 Å². The molecule has 2 fully saturated rings. The van der Waals surface area contributed by atoms with Gasteiger partial charge in [-0.05, 0) is 25.3 Å². The number of hydrogen-bond donors (Lipinski definition) is 3. The lowest BCUT2D eigenvalue weighted by atomic mass is 9.77. The molecule has 8 heteroatoms. The highest BCUT2D eigenvalue weighted by Crippen LogP contribution is 2.42. The van der Waals surface area contributed by atoms with Gasteiger partial charge in [0.1, 0.15) is 0 Å². The molecule has 3 aromatic rings. The third kappa shape index (κ3) is 4.44. The third-order valence-electron chi connectivity index (χ3n) is 6.66. The maximum atomic E-state index is 13.2. The summed E-state index contributed by atoms with van der Waals surface area (Å²) in [4.78, 5) is 26.0. The first-order valence-electron chi connectivity index (χ1n) is 11.4. The number of carbonyl (C=O) groups excluding carboxylic acids is 1. The van der Waals surface area contributed by atoms with Gasteiger partial charge in [-0.2, -0.15) is 0 Å². The molecule has 170 valence electrons. The molecule has 1 saturated carbocycles. The summed E-state index contributed by atoms with van der Waals surface area (Å²) in [6.45, 7) is 0. The first kappa shape index (κ1) is 21.5. The highest BCUT2D eigenvalue weighted by atomic mass is 16.5. The highest BCUT2D eigenvalue weighted by Gasteiger charge is 2.39. The molecule has 3 heterocycles. The number of fused-ring (bicyclic) bond motifs is 1. The van der Waals surface area contributed by atoms with Gasteiger partial charge in [0.15, 0.2) is 11.5 Å². The SMILES string of the molecule is Nc1ncc(-c2ccccc2)nc1C(=O)Nc1cnccc1[C@@H]1C[C@H](N)C2CCCC[C@@H]2O1. The van der Waals surface area contributed by atoms with Crippen LogP contribution in [0.2, 0.25) is 0 Å². The minimum atomic E-state index is -0.442. The summed E-state index contributed by atoms with van der Waals surface area (Å²) in [6, 6.07) is 11.5. The Morgan fingerprint density at radius 2 is 1.91 bits per heavy atom. The number of ether oxygens (including phenoxy) is 1. The van der Waals surface area contributed by atoms with Crippen LogP contribution >= 0.6 is 0 Å². The molecular formula is C25H28N6O2. The monoisotopic (exact) mass is 444 g/mol. The molecular weight excluding hydrogens is 416 g/mol. The van der Waals surface area contributed by atoms with E-state index in [0.29, 0.717) is 23.7 Å². The van der Waals surface area contributed by atoms with Crippen molar-refractivity contribution >= 4 is 17.4 Å². The van der Waals surface area contributed by atoms with Crippen molar-refractivity contribution in [1.82, 2.24) is 15.0 Å². The number of hydrogen-bond acceptors (Lipinski definition) is 7. The Hall–Kier alpha value is -3.36. The Morgan fingerprint density at radius 3 is 2.76 bits per heavy atom. The maximum absolute atomic E-state index is 13.2. The third-order valence-corrected chi connectivity index (χ3v) is 6.66. The van der Waals surface area contributed by atoms with Crippen LogP contribution in [0.5, 0.6) is 0 Å². The van der Waals surface area contributed by atoms with E-state index < -0.39 is 5.91 Å². The number of carbonyl (C=O) groups is 1. The van der Waals surface area contributed by atoms with Gasteiger partial charge in [0.25, 0.3) is 5.91 Å². The number of pyridine rings is 1. The first-order chi connectivity index (χ1) is 16.1. The quantitative estimate of drug-likeness (QED) is 0.559. The average molecular weight is 445 g/mol. The number of rotatable bonds is 4. The van der Waals surface area contributed by atoms with Gasteiger partial charge in [-0.25, -0.2) is 9.97 Å². The molecule has 4 atom stereocenters. The number of nitrogens with one attached hydrogen (secondary N) is 1. The molecule has 1 saturated heterocycles. The number of anilines is 2. The largest absolute Gasteiger partial charge is 0.382 e. The maximum Gasteiger partial charge on any atom is 0.278 e. The molecule has 33 heavy (non-hydrogen) atoms. The Balaban J connectivity index is 1.39. The van der Waals surface area contributed by atoms with E-state index in [9.17, 15) is 4.79 Å². The van der Waals surface area contributed by atoms with Crippen LogP contribution in [0.15, 0.2) is 55.0 Å². The fraction of sp³-hybridized carbons (Fsp3) is 0.360. The molecule has 2 aliphatic rings. The number of amides is 1. The van der Waals surface area contributed by atoms with Crippen molar-refractivity contribution in [2.24, 2.45) is 11.7 Å². The van der Waals surface area contributed by atoms with E-state index in [0.717, 1.165) is 30.4 Å². The molecule has 2 aromatic heterocycles. The van der Waals surface area contributed by atoms with Gasteiger partial charge >= 0.3 is 0 Å². The van der Waals surface area contributed by atoms with Crippen LogP contribution in [0.25, 0.3) is 11.3 Å². The van der Waals surface area contributed by atoms with E-state index in [1.165, 1.54) is 6.42 Å². The van der Waals surface area contributed by atoms with Crippen molar-refractivity contribution in [3.8, 4) is 11.3 Å². The summed E-state index contributed by atoms with van der Waals surface area (Å²) < 4.78 is 6.46. The summed E-state index contributed by atoms with van der Waals surface area (Å²) in [5, 5.41) is 2.93. The molecule has 1 aliphatic carbocycles. The van der Waals surface area contributed by atoms with Gasteiger partial charge in [-0.3, -0.25) is 9.78 Å². The van der Waals surface area contributed by atoms with Crippen molar-refractivity contribution < 1.29 is 9.53 Å². The second-order valence-corrected chi connectivity index (χ2v) is 8.78. The summed E-state index contributed by atoms with van der Waals surface area (Å²) >= 11 is 0. The predicted molar refractivity (Wildman–Crippen MR) is 126 cm³/mol. The van der Waals surface area contributed by atoms with Crippen LogP contribution < -0.4 is 16.8 Å². The van der Waals surface area contributed by atoms with Crippen LogP contribution in [-0.2, 0) is 4.74 Å². The molecule has 5 rings (SSSR count). The fourth-order valence-corrected chi connectivity index (χ4v) is 4.96. The van der Waals surface area contributed by atoms with E-state index in [1.54, 1.807) is 18.6 Å². The molecule has 1 aliphatic heterocycles. The predicted octanol–water partition coefficient (Wildman–Crippen LogP) is 3.72. The Kier molecular flexibility index (Phi) is 6.02. The zero-order valence-corrected chi connectivity index (χ0v) is 18.4. The second-order valence-electron chi connectivity index (χ2n) is 8.78. The highest BCUT2D eigenvalue weighted by molar-refractivity contribution is 6.06. The lowest BCUT2D eigenvalue weighted by Gasteiger charge is -2.43. The standard InChI is InChI=1S/C25H28N6O2/c26-18-12-22(33-21-9-5-4-8-16(18)21)17-10-11-28-13-20(17)31-25(32)23-24(27)29-14-19(30-23)15-6-2-1-3-7-15/h1-3,6-7,10-11,13-14,16,18,21-22H,4-5,8-9,12,26H2,(H2,27,29)(H,31,32)/t16?,18-,21-,22-/m0/s1. The van der Waals surface area contributed by atoms with Gasteiger partial charge in [-0.1, -0.05) is 43.2 Å². The van der Waals surface area contributed by atoms with Crippen LogP contribution in [0.3, 0.4) is 0 Å². The van der Waals surface area contributed by atoms with Crippen molar-refractivity contribution in [2.75, 3.05) is 11.1 Å². The van der Waals surface area contributed by atoms with Gasteiger partial charge in [0, 0.05) is 29.3 Å². The van der Waals surface area contributed by atoms with E-state index in [1.807, 2.05) is 36.4 Å². The average Bonchev–Trinajstić information content (AvgIpc) is 2.85. The van der Waals surface area contributed by atoms with Crippen LogP contribution in [0, 0.1) is 5.92 Å². The molecule has 0 spiro atoms. The van der Waals surface area contributed by atoms with Crippen molar-refractivity contribution in [3.05, 3.63) is 66.2 Å². The topological polar surface area (TPSA) is 129 Å². The summed E-state index contributed by atoms with van der Waals surface area (Å²) in [7, 11) is 0. The van der Waals surface area contributed by atoms with Gasteiger partial charge in [-0.15, -0.1) is 0 Å². The molecule has 1 amide bonds. The summed E-state index contributed by atoms with van der Waals surface area (Å²) in [6.07, 6.45) is 10.1. The lowest BCUT2D eigenvalue weighted by Crippen LogP contribution is -2.47. The molecule has 1 unspecified atom stereocenters. The zero-order valence-electron chi connectivity index (χ0n) is 18.4. The minimum Gasteiger partial charge on any atom is -0.382 e. The van der Waals surface area contributed by atoms with Gasteiger partial charge < -0.3 is 21.5 Å². The number of aromatic nitrogens is 3. The Labute approximate surface area is 192 Å². The van der Waals surface area contributed by atoms with Crippen molar-refractivity contribution in [1.29, 1.82) is 0 Å². The molecule has 0 radical (unpaired) electrons. The Bertz CT molecular complexity index is 1140. The smallest absolute Gasteiger partial charge is 0.278 e.